The second kappa shape index (κ2) is 11.9. The quantitative estimate of drug-likeness (QED) is 0.629. The number of amides is 1. The smallest absolute Gasteiger partial charge is 0.259 e. The van der Waals surface area contributed by atoms with E-state index in [9.17, 15) is 14.3 Å². The zero-order valence-corrected chi connectivity index (χ0v) is 20.1. The molecular weight excluding hydrogens is 437 g/mol. The molecule has 0 aliphatic carbocycles. The van der Waals surface area contributed by atoms with E-state index in [1.165, 1.54) is 12.1 Å². The molecule has 1 N–H and O–H groups in total. The molecule has 0 bridgehead atoms. The molecule has 8 heteroatoms. The Balaban J connectivity index is 1.88. The molecule has 0 saturated heterocycles. The van der Waals surface area contributed by atoms with Crippen molar-refractivity contribution in [3.63, 3.8) is 0 Å². The molecule has 3 atom stereocenters. The number of halogens is 1. The average molecular weight is 470 g/mol. The van der Waals surface area contributed by atoms with Crippen molar-refractivity contribution in [3.05, 3.63) is 59.0 Å². The van der Waals surface area contributed by atoms with Crippen LogP contribution in [0.15, 0.2) is 36.5 Å². The molecule has 1 aliphatic rings. The van der Waals surface area contributed by atoms with Crippen LogP contribution in [0.5, 0.6) is 5.88 Å². The van der Waals surface area contributed by atoms with E-state index in [4.69, 9.17) is 9.47 Å². The Morgan fingerprint density at radius 1 is 1.38 bits per heavy atom. The van der Waals surface area contributed by atoms with Crippen LogP contribution >= 0.6 is 0 Å². The number of carbonyl (C=O) groups excluding carboxylic acids is 1. The number of aromatic nitrogens is 1. The summed E-state index contributed by atoms with van der Waals surface area (Å²) in [5.74, 6) is 5.53. The number of carbonyl (C=O) groups is 1. The fraction of sp³-hybridized carbons (Fsp3) is 0.462. The number of aliphatic hydroxyl groups excluding tert-OH is 1. The Morgan fingerprint density at radius 3 is 2.79 bits per heavy atom. The highest BCUT2D eigenvalue weighted by Gasteiger charge is 2.34. The maximum absolute atomic E-state index is 13.4. The van der Waals surface area contributed by atoms with Gasteiger partial charge in [0, 0.05) is 44.4 Å². The molecule has 0 fully saturated rings. The normalized spacial score (nSPS) is 18.9. The third-order valence-corrected chi connectivity index (χ3v) is 5.83. The molecule has 0 radical (unpaired) electrons. The lowest BCUT2D eigenvalue weighted by Crippen LogP contribution is -2.49. The number of likely N-dealkylation sites (N-methyl/N-ethyl adjacent to an activating group) is 1. The van der Waals surface area contributed by atoms with E-state index in [2.05, 4.69) is 21.7 Å². The third-order valence-electron chi connectivity index (χ3n) is 5.83. The van der Waals surface area contributed by atoms with Crippen LogP contribution < -0.4 is 4.74 Å². The van der Waals surface area contributed by atoms with Crippen molar-refractivity contribution in [1.29, 1.82) is 0 Å². The molecule has 0 unspecified atom stereocenters. The van der Waals surface area contributed by atoms with E-state index in [-0.39, 0.29) is 48.9 Å². The van der Waals surface area contributed by atoms with Gasteiger partial charge in [0.15, 0.2) is 0 Å². The van der Waals surface area contributed by atoms with Crippen LogP contribution in [-0.4, -0.2) is 78.4 Å². The van der Waals surface area contributed by atoms with E-state index >= 15 is 0 Å². The number of hydrogen-bond acceptors (Lipinski definition) is 6. The van der Waals surface area contributed by atoms with E-state index in [1.807, 2.05) is 20.9 Å². The van der Waals surface area contributed by atoms with Gasteiger partial charge < -0.3 is 19.5 Å². The van der Waals surface area contributed by atoms with Gasteiger partial charge in [-0.05, 0) is 37.7 Å². The van der Waals surface area contributed by atoms with Crippen LogP contribution in [0.1, 0.15) is 35.3 Å². The highest BCUT2D eigenvalue weighted by molar-refractivity contribution is 5.97. The topological polar surface area (TPSA) is 75.1 Å². The minimum atomic E-state index is -0.360. The van der Waals surface area contributed by atoms with Gasteiger partial charge in [-0.25, -0.2) is 9.37 Å². The van der Waals surface area contributed by atoms with Gasteiger partial charge >= 0.3 is 0 Å². The van der Waals surface area contributed by atoms with Gasteiger partial charge in [-0.15, -0.1) is 0 Å². The summed E-state index contributed by atoms with van der Waals surface area (Å²) in [7, 11) is 3.54. The van der Waals surface area contributed by atoms with Gasteiger partial charge in [-0.2, -0.15) is 0 Å². The number of aliphatic hydroxyl groups is 1. The van der Waals surface area contributed by atoms with Crippen LogP contribution in [0.4, 0.5) is 4.39 Å². The predicted molar refractivity (Wildman–Crippen MR) is 127 cm³/mol. The lowest BCUT2D eigenvalue weighted by atomic mass is 9.99. The Morgan fingerprint density at radius 2 is 2.12 bits per heavy atom. The number of benzene rings is 1. The van der Waals surface area contributed by atoms with Crippen molar-refractivity contribution in [2.75, 3.05) is 40.5 Å². The van der Waals surface area contributed by atoms with Gasteiger partial charge in [-0.1, -0.05) is 30.9 Å². The van der Waals surface area contributed by atoms with E-state index in [0.29, 0.717) is 30.8 Å². The molecule has 0 saturated carbocycles. The van der Waals surface area contributed by atoms with E-state index < -0.39 is 0 Å². The summed E-state index contributed by atoms with van der Waals surface area (Å²) in [6.07, 6.45) is 1.32. The highest BCUT2D eigenvalue weighted by Crippen LogP contribution is 2.27. The number of nitrogens with zero attached hydrogens (tertiary/aromatic N) is 3. The third kappa shape index (κ3) is 6.54. The molecule has 3 rings (SSSR count). The van der Waals surface area contributed by atoms with E-state index in [1.54, 1.807) is 36.4 Å². The van der Waals surface area contributed by atoms with Crippen molar-refractivity contribution >= 4 is 5.91 Å². The minimum absolute atomic E-state index is 0.0234. The summed E-state index contributed by atoms with van der Waals surface area (Å²) in [6.45, 7) is 5.59. The highest BCUT2D eigenvalue weighted by atomic mass is 19.1. The first kappa shape index (κ1) is 25.6. The molecule has 0 spiro atoms. The Labute approximate surface area is 200 Å². The van der Waals surface area contributed by atoms with Crippen molar-refractivity contribution in [3.8, 4) is 17.7 Å². The van der Waals surface area contributed by atoms with Crippen molar-refractivity contribution in [2.24, 2.45) is 5.92 Å². The first-order valence-electron chi connectivity index (χ1n) is 11.3. The standard InChI is InChI=1S/C26H32FN3O4/c1-18-14-30(19(2)17-31)26(32)23-12-21(6-5-11-33-4)13-28-25(23)34-24(18)16-29(3)15-20-7-9-22(27)10-8-20/h7-10,12-13,18-19,24,31H,11,14-17H2,1-4H3/t18-,19-,24-/m1/s1. The zero-order valence-electron chi connectivity index (χ0n) is 20.1. The van der Waals surface area contributed by atoms with Crippen LogP contribution in [0, 0.1) is 23.6 Å². The molecule has 2 heterocycles. The minimum Gasteiger partial charge on any atom is -0.472 e. The molecule has 7 nitrogen and oxygen atoms in total. The lowest BCUT2D eigenvalue weighted by molar-refractivity contribution is 0.0325. The molecule has 1 aromatic carbocycles. The molecule has 1 aromatic heterocycles. The fourth-order valence-electron chi connectivity index (χ4n) is 3.87. The maximum atomic E-state index is 13.4. The molecule has 2 aromatic rings. The number of rotatable bonds is 7. The number of hydrogen-bond donors (Lipinski definition) is 1. The number of pyridine rings is 1. The number of ether oxygens (including phenoxy) is 2. The summed E-state index contributed by atoms with van der Waals surface area (Å²) in [5, 5.41) is 9.78. The number of methoxy groups -OCH3 is 1. The van der Waals surface area contributed by atoms with Crippen molar-refractivity contribution in [2.45, 2.75) is 32.5 Å². The molecule has 1 amide bonds. The average Bonchev–Trinajstić information content (AvgIpc) is 2.82. The summed E-state index contributed by atoms with van der Waals surface area (Å²) in [4.78, 5) is 21.6. The van der Waals surface area contributed by atoms with Gasteiger partial charge in [0.25, 0.3) is 5.91 Å². The summed E-state index contributed by atoms with van der Waals surface area (Å²) >= 11 is 0. The van der Waals surface area contributed by atoms with Crippen molar-refractivity contribution < 1.29 is 23.8 Å². The van der Waals surface area contributed by atoms with Gasteiger partial charge in [-0.3, -0.25) is 9.69 Å². The van der Waals surface area contributed by atoms with Crippen LogP contribution in [0.25, 0.3) is 0 Å². The number of fused-ring (bicyclic) bond motifs is 1. The second-order valence-electron chi connectivity index (χ2n) is 8.76. The van der Waals surface area contributed by atoms with Crippen LogP contribution in [-0.2, 0) is 11.3 Å². The van der Waals surface area contributed by atoms with Gasteiger partial charge in [0.1, 0.15) is 24.1 Å². The monoisotopic (exact) mass is 469 g/mol. The van der Waals surface area contributed by atoms with Crippen LogP contribution in [0.3, 0.4) is 0 Å². The fourth-order valence-corrected chi connectivity index (χ4v) is 3.87. The molecule has 182 valence electrons. The second-order valence-corrected chi connectivity index (χ2v) is 8.76. The van der Waals surface area contributed by atoms with E-state index in [0.717, 1.165) is 5.56 Å². The largest absolute Gasteiger partial charge is 0.472 e. The summed E-state index contributed by atoms with van der Waals surface area (Å²) in [6, 6.07) is 7.75. The van der Waals surface area contributed by atoms with Gasteiger partial charge in [0.2, 0.25) is 5.88 Å². The predicted octanol–water partition coefficient (Wildman–Crippen LogP) is 2.57. The maximum Gasteiger partial charge on any atom is 0.259 e. The molecular formula is C26H32FN3O4. The zero-order chi connectivity index (χ0) is 24.7. The molecule has 1 aliphatic heterocycles. The van der Waals surface area contributed by atoms with Gasteiger partial charge in [0.05, 0.1) is 12.6 Å². The summed E-state index contributed by atoms with van der Waals surface area (Å²) < 4.78 is 24.5. The Hall–Kier alpha value is -2.99. The lowest BCUT2D eigenvalue weighted by Gasteiger charge is -2.37. The Kier molecular flexibility index (Phi) is 8.99. The summed E-state index contributed by atoms with van der Waals surface area (Å²) in [5.41, 5.74) is 1.90. The van der Waals surface area contributed by atoms with Crippen LogP contribution in [0.2, 0.25) is 0 Å². The SMILES string of the molecule is COCC#Cc1cnc2c(c1)C(=O)N([C@H](C)CO)C[C@@H](C)[C@@H](CN(C)Cc1ccc(F)cc1)O2. The van der Waals surface area contributed by atoms with Crippen molar-refractivity contribution in [1.82, 2.24) is 14.8 Å². The molecule has 34 heavy (non-hydrogen) atoms. The first-order chi connectivity index (χ1) is 16.3. The first-order valence-corrected chi connectivity index (χ1v) is 11.3. The Bertz CT molecular complexity index is 1030.